The number of nitrogens with one attached hydrogen (secondary N) is 2. The van der Waals surface area contributed by atoms with E-state index in [-0.39, 0.29) is 30.1 Å². The van der Waals surface area contributed by atoms with Gasteiger partial charge in [0.1, 0.15) is 0 Å². The topological polar surface area (TPSA) is 41.1 Å². The smallest absolute Gasteiger partial charge is 0.355 e. The molecule has 2 N–H and O–H groups in total. The summed E-state index contributed by atoms with van der Waals surface area (Å²) in [5.41, 5.74) is -0.309. The Kier molecular flexibility index (Phi) is 4.90. The number of carbonyl (C=O) groups excluding carboxylic acids is 1. The zero-order chi connectivity index (χ0) is 16.5. The molecule has 23 heavy (non-hydrogen) atoms. The summed E-state index contributed by atoms with van der Waals surface area (Å²) >= 11 is 0. The third-order valence-electron chi connectivity index (χ3n) is 6.29. The molecule has 1 aliphatic heterocycles. The highest BCUT2D eigenvalue weighted by Crippen LogP contribution is 2.44. The highest BCUT2D eigenvalue weighted by atomic mass is 19.4. The molecule has 1 amide bonds. The average Bonchev–Trinajstić information content (AvgIpc) is 2.97. The Balaban J connectivity index is 1.54. The quantitative estimate of drug-likeness (QED) is 0.833. The summed E-state index contributed by atoms with van der Waals surface area (Å²) in [6.45, 7) is 2.02. The molecule has 2 saturated carbocycles. The van der Waals surface area contributed by atoms with Gasteiger partial charge in [0.2, 0.25) is 5.91 Å². The Morgan fingerprint density at radius 3 is 2.78 bits per heavy atom. The summed E-state index contributed by atoms with van der Waals surface area (Å²) in [5, 5.41) is 6.35. The van der Waals surface area contributed by atoms with E-state index in [9.17, 15) is 18.0 Å². The predicted molar refractivity (Wildman–Crippen MR) is 81.8 cm³/mol. The molecule has 3 rings (SSSR count). The van der Waals surface area contributed by atoms with Crippen LogP contribution in [0.15, 0.2) is 0 Å². The molecule has 132 valence electrons. The van der Waals surface area contributed by atoms with Crippen LogP contribution in [0.1, 0.15) is 51.4 Å². The summed E-state index contributed by atoms with van der Waals surface area (Å²) in [6, 6.07) is 0. The van der Waals surface area contributed by atoms with Gasteiger partial charge in [-0.05, 0) is 50.5 Å². The summed E-state index contributed by atoms with van der Waals surface area (Å²) in [7, 11) is 0. The number of halogens is 3. The largest absolute Gasteiger partial charge is 0.391 e. The van der Waals surface area contributed by atoms with Gasteiger partial charge >= 0.3 is 6.18 Å². The lowest BCUT2D eigenvalue weighted by molar-refractivity contribution is -0.185. The molecular weight excluding hydrogens is 305 g/mol. The van der Waals surface area contributed by atoms with E-state index in [0.717, 1.165) is 38.8 Å². The molecule has 1 saturated heterocycles. The van der Waals surface area contributed by atoms with Crippen molar-refractivity contribution >= 4 is 5.91 Å². The van der Waals surface area contributed by atoms with Gasteiger partial charge in [-0.1, -0.05) is 19.3 Å². The van der Waals surface area contributed by atoms with Crippen molar-refractivity contribution in [3.63, 3.8) is 0 Å². The zero-order valence-electron chi connectivity index (χ0n) is 13.6. The normalized spacial score (nSPS) is 38.1. The highest BCUT2D eigenvalue weighted by molar-refractivity contribution is 5.83. The van der Waals surface area contributed by atoms with Crippen molar-refractivity contribution in [1.82, 2.24) is 10.6 Å². The molecule has 3 fully saturated rings. The fourth-order valence-electron chi connectivity index (χ4n) is 4.88. The maximum absolute atomic E-state index is 12.9. The van der Waals surface area contributed by atoms with E-state index in [1.54, 1.807) is 0 Å². The van der Waals surface area contributed by atoms with E-state index in [4.69, 9.17) is 0 Å². The van der Waals surface area contributed by atoms with Crippen LogP contribution < -0.4 is 10.6 Å². The molecule has 1 heterocycles. The van der Waals surface area contributed by atoms with Gasteiger partial charge in [-0.15, -0.1) is 0 Å². The fraction of sp³-hybridized carbons (Fsp3) is 0.941. The van der Waals surface area contributed by atoms with Crippen molar-refractivity contribution in [1.29, 1.82) is 0 Å². The molecule has 0 aromatic heterocycles. The number of rotatable bonds is 3. The Hall–Kier alpha value is -0.780. The van der Waals surface area contributed by atoms with Gasteiger partial charge in [0.25, 0.3) is 0 Å². The first-order valence-electron chi connectivity index (χ1n) is 8.97. The van der Waals surface area contributed by atoms with Gasteiger partial charge in [0.05, 0.1) is 11.3 Å². The van der Waals surface area contributed by atoms with Gasteiger partial charge in [-0.25, -0.2) is 0 Å². The monoisotopic (exact) mass is 332 g/mol. The van der Waals surface area contributed by atoms with Crippen molar-refractivity contribution in [3.8, 4) is 0 Å². The Bertz CT molecular complexity index is 440. The SMILES string of the molecule is O=C(NCC1CCCC(C(F)(F)F)C1)[C@@]12CCCC[C@H]1CNC2. The molecule has 0 aromatic carbocycles. The molecule has 3 nitrogen and oxygen atoms in total. The first-order valence-corrected chi connectivity index (χ1v) is 8.97. The predicted octanol–water partition coefficient (Wildman–Crippen LogP) is 3.25. The van der Waals surface area contributed by atoms with Gasteiger partial charge in [-0.3, -0.25) is 4.79 Å². The number of hydrogen-bond acceptors (Lipinski definition) is 2. The standard InChI is InChI=1S/C17H27F3N2O/c18-17(19,20)13-6-3-4-12(8-13)9-22-15(23)16-7-2-1-5-14(16)10-21-11-16/h12-14,21H,1-11H2,(H,22,23)/t12?,13?,14-,16+/m0/s1. The lowest BCUT2D eigenvalue weighted by Crippen LogP contribution is -2.49. The molecule has 0 spiro atoms. The third-order valence-corrected chi connectivity index (χ3v) is 6.29. The second-order valence-electron chi connectivity index (χ2n) is 7.71. The van der Waals surface area contributed by atoms with E-state index >= 15 is 0 Å². The maximum atomic E-state index is 12.9. The van der Waals surface area contributed by atoms with E-state index in [1.165, 1.54) is 6.42 Å². The number of amides is 1. The summed E-state index contributed by atoms with van der Waals surface area (Å²) in [5.74, 6) is -0.758. The van der Waals surface area contributed by atoms with E-state index < -0.39 is 12.1 Å². The molecule has 6 heteroatoms. The van der Waals surface area contributed by atoms with Gasteiger partial charge in [0, 0.05) is 13.1 Å². The van der Waals surface area contributed by atoms with Crippen molar-refractivity contribution in [2.24, 2.45) is 23.2 Å². The lowest BCUT2D eigenvalue weighted by atomic mass is 9.67. The Labute approximate surface area is 135 Å². The van der Waals surface area contributed by atoms with Crippen LogP contribution in [0.5, 0.6) is 0 Å². The molecule has 3 aliphatic rings. The van der Waals surface area contributed by atoms with Gasteiger partial charge < -0.3 is 10.6 Å². The van der Waals surface area contributed by atoms with Crippen LogP contribution in [0.4, 0.5) is 13.2 Å². The minimum absolute atomic E-state index is 0.0351. The Morgan fingerprint density at radius 2 is 2.00 bits per heavy atom. The summed E-state index contributed by atoms with van der Waals surface area (Å²) in [6.07, 6.45) is 1.96. The van der Waals surface area contributed by atoms with Crippen molar-refractivity contribution < 1.29 is 18.0 Å². The fourth-order valence-corrected chi connectivity index (χ4v) is 4.88. The maximum Gasteiger partial charge on any atom is 0.391 e. The second-order valence-corrected chi connectivity index (χ2v) is 7.71. The molecule has 0 bridgehead atoms. The molecule has 4 atom stereocenters. The Morgan fingerprint density at radius 1 is 1.17 bits per heavy atom. The molecule has 0 radical (unpaired) electrons. The van der Waals surface area contributed by atoms with Crippen LogP contribution in [0, 0.1) is 23.2 Å². The van der Waals surface area contributed by atoms with Crippen molar-refractivity contribution in [3.05, 3.63) is 0 Å². The van der Waals surface area contributed by atoms with Crippen molar-refractivity contribution in [2.45, 2.75) is 57.5 Å². The van der Waals surface area contributed by atoms with Crippen LogP contribution in [-0.4, -0.2) is 31.7 Å². The van der Waals surface area contributed by atoms with Crippen molar-refractivity contribution in [2.75, 3.05) is 19.6 Å². The highest BCUT2D eigenvalue weighted by Gasteiger charge is 2.50. The number of alkyl halides is 3. The molecule has 2 aliphatic carbocycles. The van der Waals surface area contributed by atoms with Crippen LogP contribution in [0.25, 0.3) is 0 Å². The van der Waals surface area contributed by atoms with E-state index in [1.807, 2.05) is 0 Å². The van der Waals surface area contributed by atoms with E-state index in [2.05, 4.69) is 10.6 Å². The minimum Gasteiger partial charge on any atom is -0.355 e. The first kappa shape index (κ1) is 17.1. The molecule has 0 aromatic rings. The molecule has 2 unspecified atom stereocenters. The van der Waals surface area contributed by atoms with Crippen LogP contribution >= 0.6 is 0 Å². The second kappa shape index (κ2) is 6.61. The summed E-state index contributed by atoms with van der Waals surface area (Å²) < 4.78 is 38.7. The minimum atomic E-state index is -4.09. The van der Waals surface area contributed by atoms with Crippen LogP contribution in [0.2, 0.25) is 0 Å². The van der Waals surface area contributed by atoms with Crippen LogP contribution in [-0.2, 0) is 4.79 Å². The third kappa shape index (κ3) is 3.52. The average molecular weight is 332 g/mol. The molecular formula is C17H27F3N2O. The first-order chi connectivity index (χ1) is 10.9. The van der Waals surface area contributed by atoms with Gasteiger partial charge in [0.15, 0.2) is 0 Å². The number of hydrogen-bond donors (Lipinski definition) is 2. The van der Waals surface area contributed by atoms with Gasteiger partial charge in [-0.2, -0.15) is 13.2 Å². The summed E-state index contributed by atoms with van der Waals surface area (Å²) in [4.78, 5) is 12.7. The van der Waals surface area contributed by atoms with Crippen LogP contribution in [0.3, 0.4) is 0 Å². The number of carbonyl (C=O) groups is 1. The lowest BCUT2D eigenvalue weighted by Gasteiger charge is -2.38. The number of fused-ring (bicyclic) bond motifs is 1. The van der Waals surface area contributed by atoms with E-state index in [0.29, 0.717) is 18.9 Å². The zero-order valence-corrected chi connectivity index (χ0v) is 13.6.